The van der Waals surface area contributed by atoms with Crippen LogP contribution in [-0.4, -0.2) is 34.6 Å². The Labute approximate surface area is 66.9 Å². The molecule has 0 aromatic heterocycles. The smallest absolute Gasteiger partial charge is 0.175 e. The second-order valence-corrected chi connectivity index (χ2v) is 3.66. The van der Waals surface area contributed by atoms with Crippen molar-refractivity contribution in [2.24, 2.45) is 5.84 Å². The van der Waals surface area contributed by atoms with Crippen LogP contribution < -0.4 is 5.84 Å². The molecular formula is C7H16N2O2. The van der Waals surface area contributed by atoms with E-state index in [4.69, 9.17) is 10.6 Å². The third kappa shape index (κ3) is 0.840. The van der Waals surface area contributed by atoms with Gasteiger partial charge in [0.15, 0.2) is 6.29 Å². The highest BCUT2D eigenvalue weighted by Gasteiger charge is 2.69. The third-order valence-corrected chi connectivity index (χ3v) is 3.00. The first-order chi connectivity index (χ1) is 4.89. The van der Waals surface area contributed by atoms with Gasteiger partial charge in [-0.05, 0) is 20.8 Å². The van der Waals surface area contributed by atoms with Crippen LogP contribution in [0.4, 0.5) is 0 Å². The van der Waals surface area contributed by atoms with Crippen molar-refractivity contribution in [3.8, 4) is 0 Å². The maximum Gasteiger partial charge on any atom is 0.175 e. The Bertz CT molecular complexity index is 172. The molecule has 1 aliphatic rings. The van der Waals surface area contributed by atoms with Crippen LogP contribution in [0.15, 0.2) is 0 Å². The molecular weight excluding hydrogens is 144 g/mol. The van der Waals surface area contributed by atoms with Gasteiger partial charge in [-0.2, -0.15) is 0 Å². The van der Waals surface area contributed by atoms with E-state index in [1.165, 1.54) is 7.11 Å². The quantitative estimate of drug-likeness (QED) is 0.330. The Balaban J connectivity index is 2.73. The number of ether oxygens (including phenoxy) is 1. The molecule has 1 saturated heterocycles. The number of hydrazine groups is 1. The molecule has 0 bridgehead atoms. The van der Waals surface area contributed by atoms with Gasteiger partial charge in [-0.25, -0.2) is 5.01 Å². The van der Waals surface area contributed by atoms with E-state index in [0.717, 1.165) is 0 Å². The zero-order chi connectivity index (χ0) is 8.86. The van der Waals surface area contributed by atoms with Gasteiger partial charge >= 0.3 is 0 Å². The molecule has 0 saturated carbocycles. The molecule has 1 heterocycles. The Morgan fingerprint density at radius 2 is 1.82 bits per heavy atom. The predicted molar refractivity (Wildman–Crippen MR) is 41.5 cm³/mol. The Morgan fingerprint density at radius 1 is 1.45 bits per heavy atom. The standard InChI is InChI=1S/C7H16N2O2/c1-6(2)7(3,9(6)8)5(10)11-4/h5,10H,8H2,1-4H3/t5?,7-,9?/m0/s1. The number of hydrogen-bond donors (Lipinski definition) is 2. The van der Waals surface area contributed by atoms with E-state index >= 15 is 0 Å². The molecule has 0 aromatic rings. The summed E-state index contributed by atoms with van der Waals surface area (Å²) in [5.74, 6) is 5.65. The lowest BCUT2D eigenvalue weighted by atomic mass is 9.98. The van der Waals surface area contributed by atoms with Gasteiger partial charge in [-0.1, -0.05) is 0 Å². The van der Waals surface area contributed by atoms with Crippen molar-refractivity contribution in [3.63, 3.8) is 0 Å². The van der Waals surface area contributed by atoms with Gasteiger partial charge in [0.2, 0.25) is 0 Å². The van der Waals surface area contributed by atoms with Crippen LogP contribution in [0.3, 0.4) is 0 Å². The Kier molecular flexibility index (Phi) is 1.76. The summed E-state index contributed by atoms with van der Waals surface area (Å²) in [6, 6.07) is 0. The highest BCUT2D eigenvalue weighted by Crippen LogP contribution is 2.50. The van der Waals surface area contributed by atoms with E-state index in [1.54, 1.807) is 5.01 Å². The second kappa shape index (κ2) is 2.17. The number of nitrogens with zero attached hydrogens (tertiary/aromatic N) is 1. The van der Waals surface area contributed by atoms with Gasteiger partial charge < -0.3 is 9.84 Å². The number of aliphatic hydroxyl groups is 1. The first-order valence-electron chi connectivity index (χ1n) is 3.65. The first-order valence-corrected chi connectivity index (χ1v) is 3.65. The molecule has 2 unspecified atom stereocenters. The molecule has 0 amide bonds. The lowest BCUT2D eigenvalue weighted by molar-refractivity contribution is -0.108. The number of rotatable bonds is 2. The lowest BCUT2D eigenvalue weighted by Crippen LogP contribution is -2.36. The number of nitrogens with two attached hydrogens (primary N) is 1. The summed E-state index contributed by atoms with van der Waals surface area (Å²) in [4.78, 5) is 0. The molecule has 0 aliphatic carbocycles. The fourth-order valence-electron chi connectivity index (χ4n) is 1.46. The highest BCUT2D eigenvalue weighted by molar-refractivity contribution is 5.21. The normalized spacial score (nSPS) is 43.6. The van der Waals surface area contributed by atoms with Crippen LogP contribution in [0, 0.1) is 0 Å². The third-order valence-electron chi connectivity index (χ3n) is 3.00. The predicted octanol–water partition coefficient (Wildman–Crippen LogP) is -0.322. The monoisotopic (exact) mass is 160 g/mol. The van der Waals surface area contributed by atoms with Crippen LogP contribution in [0.5, 0.6) is 0 Å². The minimum absolute atomic E-state index is 0.178. The van der Waals surface area contributed by atoms with Gasteiger partial charge in [0.25, 0.3) is 0 Å². The molecule has 0 aromatic carbocycles. The minimum Gasteiger partial charge on any atom is -0.366 e. The summed E-state index contributed by atoms with van der Waals surface area (Å²) in [6.45, 7) is 5.81. The first kappa shape index (κ1) is 8.93. The van der Waals surface area contributed by atoms with E-state index < -0.39 is 11.8 Å². The molecule has 1 aliphatic heterocycles. The summed E-state index contributed by atoms with van der Waals surface area (Å²) >= 11 is 0. The SMILES string of the molecule is COC(O)[C@]1(C)N(N)C1(C)C. The van der Waals surface area contributed by atoms with E-state index in [2.05, 4.69) is 0 Å². The maximum atomic E-state index is 9.42. The summed E-state index contributed by atoms with van der Waals surface area (Å²) in [5, 5.41) is 11.0. The van der Waals surface area contributed by atoms with Crippen LogP contribution in [0.25, 0.3) is 0 Å². The van der Waals surface area contributed by atoms with Crippen LogP contribution in [0.2, 0.25) is 0 Å². The number of methoxy groups -OCH3 is 1. The summed E-state index contributed by atoms with van der Waals surface area (Å²) < 4.78 is 4.82. The average Bonchev–Trinajstić information content (AvgIpc) is 2.34. The topological polar surface area (TPSA) is 58.5 Å². The number of hydrogen-bond acceptors (Lipinski definition) is 4. The zero-order valence-corrected chi connectivity index (χ0v) is 7.46. The Morgan fingerprint density at radius 3 is 1.91 bits per heavy atom. The van der Waals surface area contributed by atoms with Crippen molar-refractivity contribution >= 4 is 0 Å². The van der Waals surface area contributed by atoms with E-state index in [0.29, 0.717) is 0 Å². The van der Waals surface area contributed by atoms with Gasteiger partial charge in [0, 0.05) is 7.11 Å². The van der Waals surface area contributed by atoms with Crippen LogP contribution in [-0.2, 0) is 4.74 Å². The van der Waals surface area contributed by atoms with Crippen molar-refractivity contribution in [1.82, 2.24) is 5.01 Å². The summed E-state index contributed by atoms with van der Waals surface area (Å²) in [7, 11) is 1.47. The second-order valence-electron chi connectivity index (χ2n) is 3.66. The molecule has 0 radical (unpaired) electrons. The molecule has 4 nitrogen and oxygen atoms in total. The zero-order valence-electron chi connectivity index (χ0n) is 7.46. The molecule has 3 N–H and O–H groups in total. The minimum atomic E-state index is -0.817. The van der Waals surface area contributed by atoms with Crippen LogP contribution >= 0.6 is 0 Å². The largest absolute Gasteiger partial charge is 0.366 e. The molecule has 3 atom stereocenters. The van der Waals surface area contributed by atoms with Gasteiger partial charge in [-0.3, -0.25) is 5.84 Å². The van der Waals surface area contributed by atoms with Crippen molar-refractivity contribution < 1.29 is 9.84 Å². The van der Waals surface area contributed by atoms with E-state index in [-0.39, 0.29) is 5.54 Å². The summed E-state index contributed by atoms with van der Waals surface area (Å²) in [6.07, 6.45) is -0.817. The van der Waals surface area contributed by atoms with Crippen molar-refractivity contribution in [2.45, 2.75) is 38.1 Å². The molecule has 66 valence electrons. The lowest BCUT2D eigenvalue weighted by Gasteiger charge is -2.17. The van der Waals surface area contributed by atoms with E-state index in [1.807, 2.05) is 20.8 Å². The molecule has 1 rings (SSSR count). The molecule has 1 fully saturated rings. The fraction of sp³-hybridized carbons (Fsp3) is 1.00. The fourth-order valence-corrected chi connectivity index (χ4v) is 1.46. The molecule has 11 heavy (non-hydrogen) atoms. The van der Waals surface area contributed by atoms with Crippen molar-refractivity contribution in [1.29, 1.82) is 0 Å². The van der Waals surface area contributed by atoms with Crippen LogP contribution in [0.1, 0.15) is 20.8 Å². The van der Waals surface area contributed by atoms with Crippen molar-refractivity contribution in [2.75, 3.05) is 7.11 Å². The highest BCUT2D eigenvalue weighted by atomic mass is 16.6. The molecule has 4 heteroatoms. The Hall–Kier alpha value is -0.160. The molecule has 0 spiro atoms. The van der Waals surface area contributed by atoms with E-state index in [9.17, 15) is 5.11 Å². The van der Waals surface area contributed by atoms with Gasteiger partial charge in [0.05, 0.1) is 5.54 Å². The average molecular weight is 160 g/mol. The summed E-state index contributed by atoms with van der Waals surface area (Å²) in [5.41, 5.74) is -0.621. The van der Waals surface area contributed by atoms with Gasteiger partial charge in [0.1, 0.15) is 5.54 Å². The van der Waals surface area contributed by atoms with Crippen molar-refractivity contribution in [3.05, 3.63) is 0 Å². The van der Waals surface area contributed by atoms with Gasteiger partial charge in [-0.15, -0.1) is 0 Å². The number of aliphatic hydroxyl groups excluding tert-OH is 1. The maximum absolute atomic E-state index is 9.42.